The van der Waals surface area contributed by atoms with Crippen LogP contribution in [0.15, 0.2) is 0 Å². The molecule has 2 amide bonds. The molecule has 1 aliphatic carbocycles. The van der Waals surface area contributed by atoms with Crippen molar-refractivity contribution in [3.8, 4) is 0 Å². The fourth-order valence-electron chi connectivity index (χ4n) is 1.33. The van der Waals surface area contributed by atoms with E-state index in [4.69, 9.17) is 5.11 Å². The SMILES string of the molecule is O=C(O)CCN(C(=O)NCC(F)(F)F)C1CC1. The zero-order chi connectivity index (χ0) is 13.1. The summed E-state index contributed by atoms with van der Waals surface area (Å²) < 4.78 is 35.6. The summed E-state index contributed by atoms with van der Waals surface area (Å²) in [5.41, 5.74) is 0. The highest BCUT2D eigenvalue weighted by Crippen LogP contribution is 2.27. The van der Waals surface area contributed by atoms with Crippen molar-refractivity contribution in [2.75, 3.05) is 13.1 Å². The van der Waals surface area contributed by atoms with Gasteiger partial charge in [-0.2, -0.15) is 13.2 Å². The lowest BCUT2D eigenvalue weighted by molar-refractivity contribution is -0.137. The van der Waals surface area contributed by atoms with Gasteiger partial charge in [-0.05, 0) is 12.8 Å². The minimum absolute atomic E-state index is 0.0658. The van der Waals surface area contributed by atoms with Crippen LogP contribution < -0.4 is 5.32 Å². The molecule has 0 saturated heterocycles. The molecule has 0 unspecified atom stereocenters. The van der Waals surface area contributed by atoms with E-state index in [2.05, 4.69) is 0 Å². The Morgan fingerprint density at radius 3 is 2.35 bits per heavy atom. The number of hydrogen-bond donors (Lipinski definition) is 2. The number of carboxylic acids is 1. The Hall–Kier alpha value is -1.47. The van der Waals surface area contributed by atoms with E-state index in [1.807, 2.05) is 0 Å². The lowest BCUT2D eigenvalue weighted by atomic mass is 10.4. The average molecular weight is 254 g/mol. The Kier molecular flexibility index (Phi) is 4.19. The van der Waals surface area contributed by atoms with Crippen molar-refractivity contribution in [2.45, 2.75) is 31.5 Å². The molecule has 1 aliphatic rings. The molecule has 17 heavy (non-hydrogen) atoms. The zero-order valence-electron chi connectivity index (χ0n) is 8.96. The van der Waals surface area contributed by atoms with Gasteiger partial charge in [-0.3, -0.25) is 4.79 Å². The number of alkyl halides is 3. The van der Waals surface area contributed by atoms with E-state index >= 15 is 0 Å². The molecular weight excluding hydrogens is 241 g/mol. The van der Waals surface area contributed by atoms with Crippen molar-refractivity contribution in [3.05, 3.63) is 0 Å². The van der Waals surface area contributed by atoms with Gasteiger partial charge in [0.05, 0.1) is 6.42 Å². The summed E-state index contributed by atoms with van der Waals surface area (Å²) in [6, 6.07) is -0.978. The van der Waals surface area contributed by atoms with Crippen LogP contribution in [0.2, 0.25) is 0 Å². The first-order valence-corrected chi connectivity index (χ1v) is 5.12. The van der Waals surface area contributed by atoms with Crippen LogP contribution in [0, 0.1) is 0 Å². The predicted octanol–water partition coefficient (Wildman–Crippen LogP) is 1.20. The van der Waals surface area contributed by atoms with Crippen LogP contribution in [0.25, 0.3) is 0 Å². The highest BCUT2D eigenvalue weighted by atomic mass is 19.4. The smallest absolute Gasteiger partial charge is 0.405 e. The Bertz CT molecular complexity index is 302. The van der Waals surface area contributed by atoms with Gasteiger partial charge in [-0.15, -0.1) is 0 Å². The molecule has 0 spiro atoms. The molecule has 8 heteroatoms. The second-order valence-electron chi connectivity index (χ2n) is 3.84. The van der Waals surface area contributed by atoms with Gasteiger partial charge in [-0.25, -0.2) is 4.79 Å². The quantitative estimate of drug-likeness (QED) is 0.774. The summed E-state index contributed by atoms with van der Waals surface area (Å²) in [4.78, 5) is 22.9. The molecule has 0 heterocycles. The summed E-state index contributed by atoms with van der Waals surface area (Å²) >= 11 is 0. The first-order chi connectivity index (χ1) is 7.79. The van der Waals surface area contributed by atoms with Crippen LogP contribution >= 0.6 is 0 Å². The molecule has 0 aromatic carbocycles. The van der Waals surface area contributed by atoms with Crippen LogP contribution in [0.3, 0.4) is 0 Å². The number of carbonyl (C=O) groups excluding carboxylic acids is 1. The molecule has 1 saturated carbocycles. The molecule has 0 aromatic rings. The van der Waals surface area contributed by atoms with Crippen molar-refractivity contribution in [1.82, 2.24) is 10.2 Å². The third-order valence-electron chi connectivity index (χ3n) is 2.26. The van der Waals surface area contributed by atoms with Crippen LogP contribution in [-0.2, 0) is 4.79 Å². The molecule has 0 aliphatic heterocycles. The van der Waals surface area contributed by atoms with E-state index in [9.17, 15) is 22.8 Å². The molecule has 1 rings (SSSR count). The van der Waals surface area contributed by atoms with Crippen molar-refractivity contribution in [1.29, 1.82) is 0 Å². The first kappa shape index (κ1) is 13.6. The lowest BCUT2D eigenvalue weighted by Gasteiger charge is -2.22. The lowest BCUT2D eigenvalue weighted by Crippen LogP contribution is -2.45. The average Bonchev–Trinajstić information content (AvgIpc) is 2.97. The third-order valence-corrected chi connectivity index (χ3v) is 2.26. The number of halogens is 3. The Balaban J connectivity index is 2.41. The van der Waals surface area contributed by atoms with Crippen molar-refractivity contribution < 1.29 is 27.9 Å². The summed E-state index contributed by atoms with van der Waals surface area (Å²) in [5.74, 6) is -1.08. The molecule has 0 bridgehead atoms. The van der Waals surface area contributed by atoms with Gasteiger partial charge < -0.3 is 15.3 Å². The zero-order valence-corrected chi connectivity index (χ0v) is 8.96. The number of nitrogens with one attached hydrogen (secondary N) is 1. The number of hydrogen-bond acceptors (Lipinski definition) is 2. The molecule has 5 nitrogen and oxygen atoms in total. The molecule has 0 aromatic heterocycles. The van der Waals surface area contributed by atoms with Crippen molar-refractivity contribution in [2.24, 2.45) is 0 Å². The molecule has 2 N–H and O–H groups in total. The Morgan fingerprint density at radius 2 is 1.94 bits per heavy atom. The molecule has 0 radical (unpaired) electrons. The van der Waals surface area contributed by atoms with E-state index in [-0.39, 0.29) is 19.0 Å². The normalized spacial score (nSPS) is 15.5. The number of urea groups is 1. The second-order valence-corrected chi connectivity index (χ2v) is 3.84. The fraction of sp³-hybridized carbons (Fsp3) is 0.778. The topological polar surface area (TPSA) is 69.6 Å². The van der Waals surface area contributed by atoms with Crippen molar-refractivity contribution in [3.63, 3.8) is 0 Å². The van der Waals surface area contributed by atoms with Gasteiger partial charge in [0, 0.05) is 12.6 Å². The van der Waals surface area contributed by atoms with Crippen LogP contribution in [0.5, 0.6) is 0 Å². The summed E-state index contributed by atoms with van der Waals surface area (Å²) in [6.07, 6.45) is -3.31. The van der Waals surface area contributed by atoms with Crippen LogP contribution in [0.4, 0.5) is 18.0 Å². The van der Waals surface area contributed by atoms with E-state index in [0.717, 1.165) is 4.90 Å². The largest absolute Gasteiger partial charge is 0.481 e. The maximum absolute atomic E-state index is 11.9. The second kappa shape index (κ2) is 5.24. The number of amides is 2. The highest BCUT2D eigenvalue weighted by Gasteiger charge is 2.34. The predicted molar refractivity (Wildman–Crippen MR) is 51.4 cm³/mol. The standard InChI is InChI=1S/C9H13F3N2O3/c10-9(11,12)5-13-8(17)14(6-1-2-6)4-3-7(15)16/h6H,1-5H2,(H,13,17)(H,15,16). The van der Waals surface area contributed by atoms with Gasteiger partial charge in [0.1, 0.15) is 6.54 Å². The minimum atomic E-state index is -4.46. The number of carboxylic acid groups (broad SMARTS) is 1. The summed E-state index contributed by atoms with van der Waals surface area (Å²) in [7, 11) is 0. The first-order valence-electron chi connectivity index (χ1n) is 5.12. The molecular formula is C9H13F3N2O3. The number of nitrogens with zero attached hydrogens (tertiary/aromatic N) is 1. The van der Waals surface area contributed by atoms with Gasteiger partial charge >= 0.3 is 18.2 Å². The maximum atomic E-state index is 11.9. The maximum Gasteiger partial charge on any atom is 0.405 e. The van der Waals surface area contributed by atoms with E-state index < -0.39 is 24.7 Å². The van der Waals surface area contributed by atoms with Gasteiger partial charge in [0.15, 0.2) is 0 Å². The van der Waals surface area contributed by atoms with Gasteiger partial charge in [0.2, 0.25) is 0 Å². The summed E-state index contributed by atoms with van der Waals surface area (Å²) in [5, 5.41) is 10.2. The third kappa shape index (κ3) is 5.41. The Labute approximate surface area is 95.6 Å². The highest BCUT2D eigenvalue weighted by molar-refractivity contribution is 5.76. The van der Waals surface area contributed by atoms with Gasteiger partial charge in [-0.1, -0.05) is 0 Å². The fourth-order valence-corrected chi connectivity index (χ4v) is 1.33. The molecule has 1 fully saturated rings. The van der Waals surface area contributed by atoms with Crippen molar-refractivity contribution >= 4 is 12.0 Å². The minimum Gasteiger partial charge on any atom is -0.481 e. The number of rotatable bonds is 5. The monoisotopic (exact) mass is 254 g/mol. The number of aliphatic carboxylic acids is 1. The molecule has 98 valence electrons. The van der Waals surface area contributed by atoms with Crippen LogP contribution in [-0.4, -0.2) is 47.3 Å². The van der Waals surface area contributed by atoms with Gasteiger partial charge in [0.25, 0.3) is 0 Å². The molecule has 0 atom stereocenters. The van der Waals surface area contributed by atoms with Crippen LogP contribution in [0.1, 0.15) is 19.3 Å². The summed E-state index contributed by atoms with van der Waals surface area (Å²) in [6.45, 7) is -1.47. The number of carbonyl (C=O) groups is 2. The Morgan fingerprint density at radius 1 is 1.35 bits per heavy atom. The van der Waals surface area contributed by atoms with E-state index in [1.54, 1.807) is 5.32 Å². The van der Waals surface area contributed by atoms with E-state index in [0.29, 0.717) is 12.8 Å². The van der Waals surface area contributed by atoms with E-state index in [1.165, 1.54) is 0 Å².